The van der Waals surface area contributed by atoms with Crippen molar-refractivity contribution in [3.8, 4) is 0 Å². The van der Waals surface area contributed by atoms with Gasteiger partial charge in [0, 0.05) is 20.2 Å². The third-order valence-electron chi connectivity index (χ3n) is 4.18. The monoisotopic (exact) mass is 334 g/mol. The van der Waals surface area contributed by atoms with E-state index >= 15 is 0 Å². The molecule has 0 spiro atoms. The fourth-order valence-electron chi connectivity index (χ4n) is 3.11. The van der Waals surface area contributed by atoms with E-state index in [-0.39, 0.29) is 12.1 Å². The molecule has 1 fully saturated rings. The Hall–Kier alpha value is -1.59. The van der Waals surface area contributed by atoms with Crippen LogP contribution in [0.4, 0.5) is 4.79 Å². The minimum atomic E-state index is -0.489. The smallest absolute Gasteiger partial charge is 0.407 e. The maximum absolute atomic E-state index is 12.1. The van der Waals surface area contributed by atoms with Gasteiger partial charge in [-0.2, -0.15) is 0 Å². The van der Waals surface area contributed by atoms with Crippen LogP contribution >= 0.6 is 0 Å². The fourth-order valence-corrected chi connectivity index (χ4v) is 3.11. The quantitative estimate of drug-likeness (QED) is 0.869. The topological polar surface area (TPSA) is 50.8 Å². The summed E-state index contributed by atoms with van der Waals surface area (Å²) >= 11 is 0. The van der Waals surface area contributed by atoms with E-state index in [4.69, 9.17) is 9.47 Å². The number of carbonyl (C=O) groups is 1. The van der Waals surface area contributed by atoms with Crippen LogP contribution in [0.2, 0.25) is 0 Å². The second kappa shape index (κ2) is 8.49. The number of carbonyl (C=O) groups excluding carboxylic acids is 1. The van der Waals surface area contributed by atoms with Crippen molar-refractivity contribution in [2.75, 3.05) is 26.8 Å². The third kappa shape index (κ3) is 6.13. The normalized spacial score (nSPS) is 19.9. The van der Waals surface area contributed by atoms with E-state index < -0.39 is 5.60 Å². The van der Waals surface area contributed by atoms with Gasteiger partial charge in [-0.1, -0.05) is 30.3 Å². The summed E-state index contributed by atoms with van der Waals surface area (Å²) in [5.74, 6) is 0.376. The van der Waals surface area contributed by atoms with Crippen LogP contribution < -0.4 is 5.32 Å². The summed E-state index contributed by atoms with van der Waals surface area (Å²) in [7, 11) is 1.67. The van der Waals surface area contributed by atoms with Crippen molar-refractivity contribution in [2.45, 2.75) is 45.4 Å². The zero-order valence-corrected chi connectivity index (χ0v) is 15.2. The molecule has 1 aliphatic rings. The molecule has 1 aromatic carbocycles. The second-order valence-electron chi connectivity index (χ2n) is 7.48. The highest BCUT2D eigenvalue weighted by atomic mass is 16.6. The molecule has 2 rings (SSSR count). The van der Waals surface area contributed by atoms with Crippen molar-refractivity contribution in [3.63, 3.8) is 0 Å². The molecule has 1 heterocycles. The summed E-state index contributed by atoms with van der Waals surface area (Å²) in [6.45, 7) is 9.06. The van der Waals surface area contributed by atoms with Gasteiger partial charge in [0.05, 0.1) is 12.6 Å². The lowest BCUT2D eigenvalue weighted by Crippen LogP contribution is -2.46. The van der Waals surface area contributed by atoms with Gasteiger partial charge >= 0.3 is 6.09 Å². The molecule has 134 valence electrons. The molecule has 0 radical (unpaired) electrons. The summed E-state index contributed by atoms with van der Waals surface area (Å²) in [5, 5.41) is 2.99. The van der Waals surface area contributed by atoms with E-state index in [1.54, 1.807) is 7.11 Å². The van der Waals surface area contributed by atoms with E-state index in [1.807, 2.05) is 26.8 Å². The van der Waals surface area contributed by atoms with E-state index in [1.165, 1.54) is 5.56 Å². The molecule has 5 nitrogen and oxygen atoms in total. The van der Waals surface area contributed by atoms with E-state index in [0.29, 0.717) is 12.5 Å². The Morgan fingerprint density at radius 1 is 1.33 bits per heavy atom. The molecule has 1 saturated heterocycles. The lowest BCUT2D eigenvalue weighted by molar-refractivity contribution is 0.0434. The second-order valence-corrected chi connectivity index (χ2v) is 7.48. The number of hydrogen-bond donors (Lipinski definition) is 1. The summed E-state index contributed by atoms with van der Waals surface area (Å²) in [6.07, 6.45) is 0.683. The molecular weight excluding hydrogens is 304 g/mol. The highest BCUT2D eigenvalue weighted by Crippen LogP contribution is 2.22. The van der Waals surface area contributed by atoms with Crippen LogP contribution in [0.3, 0.4) is 0 Å². The Balaban J connectivity index is 1.88. The minimum Gasteiger partial charge on any atom is -0.444 e. The molecule has 1 unspecified atom stereocenters. The molecule has 1 amide bonds. The predicted octanol–water partition coefficient (Wildman–Crippen LogP) is 3.05. The highest BCUT2D eigenvalue weighted by Gasteiger charge is 2.31. The van der Waals surface area contributed by atoms with Crippen molar-refractivity contribution in [1.29, 1.82) is 0 Å². The molecule has 0 bridgehead atoms. The molecule has 24 heavy (non-hydrogen) atoms. The first-order valence-electron chi connectivity index (χ1n) is 8.62. The summed E-state index contributed by atoms with van der Waals surface area (Å²) in [5.41, 5.74) is 0.832. The number of methoxy groups -OCH3 is 1. The summed E-state index contributed by atoms with van der Waals surface area (Å²) < 4.78 is 10.7. The van der Waals surface area contributed by atoms with Gasteiger partial charge in [-0.15, -0.1) is 0 Å². The lowest BCUT2D eigenvalue weighted by atomic mass is 10.00. The molecule has 5 heteroatoms. The summed E-state index contributed by atoms with van der Waals surface area (Å²) in [6, 6.07) is 10.5. The van der Waals surface area contributed by atoms with Gasteiger partial charge in [0.1, 0.15) is 5.60 Å². The van der Waals surface area contributed by atoms with Crippen LogP contribution in [-0.4, -0.2) is 49.4 Å². The molecule has 0 aliphatic carbocycles. The number of alkyl carbamates (subject to hydrolysis) is 1. The fraction of sp³-hybridized carbons (Fsp3) is 0.632. The average Bonchev–Trinajstić information content (AvgIpc) is 2.94. The third-order valence-corrected chi connectivity index (χ3v) is 4.18. The number of likely N-dealkylation sites (tertiary alicyclic amines) is 1. The van der Waals surface area contributed by atoms with Gasteiger partial charge in [0.2, 0.25) is 0 Å². The van der Waals surface area contributed by atoms with Crippen molar-refractivity contribution < 1.29 is 14.3 Å². The molecule has 2 atom stereocenters. The Bertz CT molecular complexity index is 513. The van der Waals surface area contributed by atoms with Crippen LogP contribution in [0, 0.1) is 5.92 Å². The first-order valence-corrected chi connectivity index (χ1v) is 8.62. The Morgan fingerprint density at radius 2 is 2.04 bits per heavy atom. The number of nitrogens with one attached hydrogen (secondary N) is 1. The van der Waals surface area contributed by atoms with Crippen LogP contribution in [0.15, 0.2) is 30.3 Å². The summed E-state index contributed by atoms with van der Waals surface area (Å²) in [4.78, 5) is 14.5. The largest absolute Gasteiger partial charge is 0.444 e. The molecule has 1 N–H and O–H groups in total. The van der Waals surface area contributed by atoms with Crippen LogP contribution in [0.25, 0.3) is 0 Å². The lowest BCUT2D eigenvalue weighted by Gasteiger charge is -2.27. The maximum atomic E-state index is 12.1. The van der Waals surface area contributed by atoms with E-state index in [0.717, 1.165) is 26.1 Å². The van der Waals surface area contributed by atoms with Crippen molar-refractivity contribution >= 4 is 6.09 Å². The average molecular weight is 334 g/mol. The molecule has 0 saturated carbocycles. The van der Waals surface area contributed by atoms with Gasteiger partial charge in [0.25, 0.3) is 0 Å². The van der Waals surface area contributed by atoms with Gasteiger partial charge in [0.15, 0.2) is 0 Å². The van der Waals surface area contributed by atoms with Gasteiger partial charge < -0.3 is 14.8 Å². The van der Waals surface area contributed by atoms with Crippen molar-refractivity contribution in [3.05, 3.63) is 35.9 Å². The number of amides is 1. The SMILES string of the molecule is COC[C@@H](NC(=O)OC(C)(C)C)C1CCN(Cc2ccccc2)C1. The van der Waals surface area contributed by atoms with Gasteiger partial charge in [-0.25, -0.2) is 4.79 Å². The zero-order chi connectivity index (χ0) is 17.6. The predicted molar refractivity (Wildman–Crippen MR) is 94.9 cm³/mol. The Labute approximate surface area is 145 Å². The highest BCUT2D eigenvalue weighted by molar-refractivity contribution is 5.68. The van der Waals surface area contributed by atoms with Gasteiger partial charge in [-0.05, 0) is 45.2 Å². The first kappa shape index (κ1) is 18.7. The van der Waals surface area contributed by atoms with Crippen LogP contribution in [-0.2, 0) is 16.0 Å². The Kier molecular flexibility index (Phi) is 6.63. The van der Waals surface area contributed by atoms with Crippen molar-refractivity contribution in [2.24, 2.45) is 5.92 Å². The number of ether oxygens (including phenoxy) is 2. The first-order chi connectivity index (χ1) is 11.4. The molecule has 0 aromatic heterocycles. The Morgan fingerprint density at radius 3 is 2.67 bits per heavy atom. The number of benzene rings is 1. The van der Waals surface area contributed by atoms with Crippen molar-refractivity contribution in [1.82, 2.24) is 10.2 Å². The number of nitrogens with zero attached hydrogens (tertiary/aromatic N) is 1. The van der Waals surface area contributed by atoms with Gasteiger partial charge in [-0.3, -0.25) is 4.90 Å². The number of rotatable bonds is 6. The molecule has 1 aromatic rings. The molecular formula is C19H30N2O3. The molecule has 1 aliphatic heterocycles. The van der Waals surface area contributed by atoms with E-state index in [9.17, 15) is 4.79 Å². The van der Waals surface area contributed by atoms with E-state index in [2.05, 4.69) is 34.5 Å². The minimum absolute atomic E-state index is 0.0226. The van der Waals surface area contributed by atoms with Crippen LogP contribution in [0.1, 0.15) is 32.8 Å². The number of hydrogen-bond acceptors (Lipinski definition) is 4. The standard InChI is InChI=1S/C19H30N2O3/c1-19(2,3)24-18(22)20-17(14-23-4)16-10-11-21(13-16)12-15-8-6-5-7-9-15/h5-9,16-17H,10-14H2,1-4H3,(H,20,22)/t16?,17-/m1/s1. The maximum Gasteiger partial charge on any atom is 0.407 e. The van der Waals surface area contributed by atoms with Crippen LogP contribution in [0.5, 0.6) is 0 Å². The zero-order valence-electron chi connectivity index (χ0n) is 15.2.